The van der Waals surface area contributed by atoms with Gasteiger partial charge in [-0.3, -0.25) is 0 Å². The number of hydrogen-bond donors (Lipinski definition) is 1. The Balaban J connectivity index is 1.92. The third kappa shape index (κ3) is 2.66. The Hall–Kier alpha value is -1.72. The molecule has 1 aliphatic carbocycles. The van der Waals surface area contributed by atoms with Crippen LogP contribution in [0, 0.1) is 0 Å². The maximum Gasteiger partial charge on any atom is 0.348 e. The molecule has 1 N–H and O–H groups in total. The fraction of sp³-hybridized carbons (Fsp3) is 0.333. The van der Waals surface area contributed by atoms with Crippen LogP contribution in [-0.2, 0) is 19.1 Å². The number of carbonyl (C=O) groups is 2. The molecule has 1 aromatic carbocycles. The number of phenols is 1. The molecular weight excluding hydrogens is 331 g/mol. The van der Waals surface area contributed by atoms with Gasteiger partial charge in [-0.1, -0.05) is 23.2 Å². The summed E-state index contributed by atoms with van der Waals surface area (Å²) in [6, 6.07) is 2.77. The summed E-state index contributed by atoms with van der Waals surface area (Å²) in [7, 11) is 0. The summed E-state index contributed by atoms with van der Waals surface area (Å²) in [6.45, 7) is 0. The second-order valence-corrected chi connectivity index (χ2v) is 6.10. The molecule has 0 radical (unpaired) electrons. The highest BCUT2D eigenvalue weighted by Crippen LogP contribution is 2.39. The zero-order valence-corrected chi connectivity index (χ0v) is 12.9. The molecule has 116 valence electrons. The van der Waals surface area contributed by atoms with Crippen molar-refractivity contribution in [1.29, 1.82) is 0 Å². The number of aromatic hydroxyl groups is 1. The summed E-state index contributed by atoms with van der Waals surface area (Å²) >= 11 is 11.6. The van der Waals surface area contributed by atoms with Crippen LogP contribution in [0.15, 0.2) is 17.7 Å². The van der Waals surface area contributed by atoms with Crippen molar-refractivity contribution in [3.05, 3.63) is 33.3 Å². The van der Waals surface area contributed by atoms with Crippen LogP contribution in [0.3, 0.4) is 0 Å². The molecule has 1 aromatic rings. The Morgan fingerprint density at radius 3 is 2.05 bits per heavy atom. The number of phenolic OH excluding ortho intramolecular Hbond substituents is 1. The van der Waals surface area contributed by atoms with Crippen molar-refractivity contribution in [2.45, 2.75) is 31.5 Å². The lowest BCUT2D eigenvalue weighted by Crippen LogP contribution is -2.44. The van der Waals surface area contributed by atoms with Gasteiger partial charge < -0.3 is 14.6 Å². The van der Waals surface area contributed by atoms with Gasteiger partial charge in [0.1, 0.15) is 5.57 Å². The monoisotopic (exact) mass is 342 g/mol. The van der Waals surface area contributed by atoms with Gasteiger partial charge in [-0.2, -0.15) is 0 Å². The molecule has 0 unspecified atom stereocenters. The molecule has 5 nitrogen and oxygen atoms in total. The van der Waals surface area contributed by atoms with E-state index >= 15 is 0 Å². The van der Waals surface area contributed by atoms with Crippen LogP contribution in [0.25, 0.3) is 6.08 Å². The molecule has 3 rings (SSSR count). The summed E-state index contributed by atoms with van der Waals surface area (Å²) in [5.41, 5.74) is 0.162. The Kier molecular flexibility index (Phi) is 3.78. The lowest BCUT2D eigenvalue weighted by Gasteiger charge is -2.32. The first-order valence-electron chi connectivity index (χ1n) is 6.77. The molecule has 1 saturated carbocycles. The second kappa shape index (κ2) is 5.48. The van der Waals surface area contributed by atoms with Crippen molar-refractivity contribution in [2.24, 2.45) is 0 Å². The van der Waals surface area contributed by atoms with E-state index in [9.17, 15) is 14.7 Å². The van der Waals surface area contributed by atoms with E-state index in [2.05, 4.69) is 0 Å². The van der Waals surface area contributed by atoms with Crippen LogP contribution in [-0.4, -0.2) is 22.8 Å². The SMILES string of the molecule is O=C1OC2(CCCC2)OC(=O)C1=Cc1cc(Cl)c(O)c(Cl)c1. The fourth-order valence-electron chi connectivity index (χ4n) is 2.62. The lowest BCUT2D eigenvalue weighted by molar-refractivity contribution is -0.232. The van der Waals surface area contributed by atoms with Crippen LogP contribution < -0.4 is 0 Å². The average molecular weight is 343 g/mol. The van der Waals surface area contributed by atoms with Crippen molar-refractivity contribution in [3.8, 4) is 5.75 Å². The maximum atomic E-state index is 12.1. The summed E-state index contributed by atoms with van der Waals surface area (Å²) < 4.78 is 10.6. The van der Waals surface area contributed by atoms with Gasteiger partial charge in [0.2, 0.25) is 0 Å². The van der Waals surface area contributed by atoms with E-state index in [1.165, 1.54) is 18.2 Å². The first-order chi connectivity index (χ1) is 10.4. The quantitative estimate of drug-likeness (QED) is 0.480. The third-order valence-electron chi connectivity index (χ3n) is 3.71. The fourth-order valence-corrected chi connectivity index (χ4v) is 3.13. The Morgan fingerprint density at radius 2 is 1.55 bits per heavy atom. The average Bonchev–Trinajstić information content (AvgIpc) is 2.88. The van der Waals surface area contributed by atoms with Crippen molar-refractivity contribution in [2.75, 3.05) is 0 Å². The van der Waals surface area contributed by atoms with Crippen molar-refractivity contribution >= 4 is 41.2 Å². The van der Waals surface area contributed by atoms with Gasteiger partial charge in [0.15, 0.2) is 5.75 Å². The summed E-state index contributed by atoms with van der Waals surface area (Å²) in [5, 5.41) is 9.55. The Morgan fingerprint density at radius 1 is 1.05 bits per heavy atom. The Bertz CT molecular complexity index is 644. The van der Waals surface area contributed by atoms with Crippen molar-refractivity contribution in [3.63, 3.8) is 0 Å². The van der Waals surface area contributed by atoms with E-state index in [0.29, 0.717) is 18.4 Å². The molecule has 22 heavy (non-hydrogen) atoms. The van der Waals surface area contributed by atoms with E-state index in [1.54, 1.807) is 0 Å². The number of rotatable bonds is 1. The van der Waals surface area contributed by atoms with E-state index in [-0.39, 0.29) is 21.4 Å². The minimum absolute atomic E-state index is 0.0177. The van der Waals surface area contributed by atoms with Gasteiger partial charge in [-0.05, 0) is 36.6 Å². The van der Waals surface area contributed by atoms with Gasteiger partial charge in [0, 0.05) is 12.8 Å². The van der Waals surface area contributed by atoms with Crippen molar-refractivity contribution < 1.29 is 24.2 Å². The van der Waals surface area contributed by atoms with Crippen LogP contribution in [0.5, 0.6) is 5.75 Å². The van der Waals surface area contributed by atoms with Gasteiger partial charge in [-0.15, -0.1) is 0 Å². The second-order valence-electron chi connectivity index (χ2n) is 5.29. The molecule has 1 saturated heterocycles. The molecule has 7 heteroatoms. The van der Waals surface area contributed by atoms with E-state index < -0.39 is 17.7 Å². The normalized spacial score (nSPS) is 20.0. The molecule has 2 fully saturated rings. The summed E-state index contributed by atoms with van der Waals surface area (Å²) in [5.74, 6) is -2.81. The highest BCUT2D eigenvalue weighted by atomic mass is 35.5. The molecule has 1 heterocycles. The zero-order valence-electron chi connectivity index (χ0n) is 11.4. The Labute approximate surface area is 136 Å². The predicted molar refractivity (Wildman–Crippen MR) is 79.5 cm³/mol. The van der Waals surface area contributed by atoms with Crippen LogP contribution >= 0.6 is 23.2 Å². The first kappa shape index (κ1) is 15.2. The molecule has 1 aliphatic heterocycles. The highest BCUT2D eigenvalue weighted by Gasteiger charge is 2.47. The number of carbonyl (C=O) groups excluding carboxylic acids is 2. The van der Waals surface area contributed by atoms with Crippen LogP contribution in [0.1, 0.15) is 31.2 Å². The van der Waals surface area contributed by atoms with E-state index in [0.717, 1.165) is 12.8 Å². The number of esters is 2. The highest BCUT2D eigenvalue weighted by molar-refractivity contribution is 6.37. The molecule has 0 aromatic heterocycles. The molecule has 1 spiro atoms. The number of halogens is 2. The van der Waals surface area contributed by atoms with E-state index in [1.807, 2.05) is 0 Å². The smallest absolute Gasteiger partial charge is 0.348 e. The van der Waals surface area contributed by atoms with Crippen molar-refractivity contribution in [1.82, 2.24) is 0 Å². The molecule has 0 atom stereocenters. The summed E-state index contributed by atoms with van der Waals surface area (Å²) in [6.07, 6.45) is 4.03. The van der Waals surface area contributed by atoms with Gasteiger partial charge in [0.05, 0.1) is 10.0 Å². The number of hydrogen-bond acceptors (Lipinski definition) is 5. The largest absolute Gasteiger partial charge is 0.505 e. The summed E-state index contributed by atoms with van der Waals surface area (Å²) in [4.78, 5) is 24.2. The number of ether oxygens (including phenoxy) is 2. The minimum Gasteiger partial charge on any atom is -0.505 e. The van der Waals surface area contributed by atoms with Gasteiger partial charge >= 0.3 is 11.9 Å². The zero-order chi connectivity index (χ0) is 15.9. The van der Waals surface area contributed by atoms with Gasteiger partial charge in [0.25, 0.3) is 5.79 Å². The third-order valence-corrected chi connectivity index (χ3v) is 4.29. The maximum absolute atomic E-state index is 12.1. The standard InChI is InChI=1S/C15H12Cl2O5/c16-10-6-8(7-11(17)12(10)18)5-9-13(19)21-15(22-14(9)20)3-1-2-4-15/h5-7,18H,1-4H2. The molecule has 2 aliphatic rings. The van der Waals surface area contributed by atoms with Gasteiger partial charge in [-0.25, -0.2) is 9.59 Å². The molecular formula is C15H12Cl2O5. The predicted octanol–water partition coefficient (Wildman–Crippen LogP) is 3.45. The number of benzene rings is 1. The van der Waals surface area contributed by atoms with Crippen LogP contribution in [0.4, 0.5) is 0 Å². The minimum atomic E-state index is -1.10. The topological polar surface area (TPSA) is 72.8 Å². The lowest BCUT2D eigenvalue weighted by atomic mass is 10.1. The van der Waals surface area contributed by atoms with E-state index in [4.69, 9.17) is 32.7 Å². The molecule has 0 bridgehead atoms. The van der Waals surface area contributed by atoms with Crippen LogP contribution in [0.2, 0.25) is 10.0 Å². The first-order valence-corrected chi connectivity index (χ1v) is 7.52. The molecule has 0 amide bonds.